The Hall–Kier alpha value is -2.94. The molecule has 7 rings (SSSR count). The molecule has 7 nitrogen and oxygen atoms in total. The average Bonchev–Trinajstić information content (AvgIpc) is 3.84. The summed E-state index contributed by atoms with van der Waals surface area (Å²) in [5, 5.41) is 12.4. The van der Waals surface area contributed by atoms with Crippen molar-refractivity contribution < 1.29 is 8.78 Å². The van der Waals surface area contributed by atoms with Crippen molar-refractivity contribution in [3.8, 4) is 11.3 Å². The van der Waals surface area contributed by atoms with Gasteiger partial charge in [-0.3, -0.25) is 9.97 Å². The van der Waals surface area contributed by atoms with E-state index < -0.39 is 11.5 Å². The lowest BCUT2D eigenvalue weighted by Crippen LogP contribution is -2.54. The number of hydrogen-bond acceptors (Lipinski definition) is 6. The van der Waals surface area contributed by atoms with Gasteiger partial charge in [0, 0.05) is 49.9 Å². The van der Waals surface area contributed by atoms with E-state index in [4.69, 9.17) is 4.98 Å². The van der Waals surface area contributed by atoms with Gasteiger partial charge >= 0.3 is 0 Å². The van der Waals surface area contributed by atoms with E-state index >= 15 is 0 Å². The van der Waals surface area contributed by atoms with E-state index in [0.29, 0.717) is 23.3 Å². The van der Waals surface area contributed by atoms with Gasteiger partial charge in [0.2, 0.25) is 0 Å². The van der Waals surface area contributed by atoms with Crippen molar-refractivity contribution in [1.29, 1.82) is 0 Å². The summed E-state index contributed by atoms with van der Waals surface area (Å²) < 4.78 is 30.2. The molecule has 3 aliphatic carbocycles. The van der Waals surface area contributed by atoms with Gasteiger partial charge in [-0.1, -0.05) is 5.21 Å². The molecule has 37 heavy (non-hydrogen) atoms. The minimum Gasteiger partial charge on any atom is -0.369 e. The molecule has 0 bridgehead atoms. The van der Waals surface area contributed by atoms with Gasteiger partial charge < -0.3 is 10.2 Å². The molecule has 9 heteroatoms. The lowest BCUT2D eigenvalue weighted by Gasteiger charge is -2.46. The maximum atomic E-state index is 14.3. The van der Waals surface area contributed by atoms with Crippen molar-refractivity contribution in [2.75, 3.05) is 24.5 Å². The van der Waals surface area contributed by atoms with Crippen molar-refractivity contribution in [2.24, 2.45) is 5.92 Å². The molecule has 1 aliphatic heterocycles. The predicted molar refractivity (Wildman–Crippen MR) is 137 cm³/mol. The molecule has 0 amide bonds. The molecule has 3 aromatic heterocycles. The standard InChI is InChI=1S/C28H33F2N7/c29-28(30)17-27(18-28,37-16-25(34-35-37)22-10-21(12-31-13-22)20-5-6-20)26-8-7-24(14-33-26)36-9-1-2-23(15-36)32-11-19-3-4-19/h7-8,10,12-14,16,19-20,23,32H,1-6,9,11,15,17-18H2. The third kappa shape index (κ3) is 4.62. The maximum absolute atomic E-state index is 14.3. The van der Waals surface area contributed by atoms with Crippen LogP contribution in [0.1, 0.15) is 68.5 Å². The summed E-state index contributed by atoms with van der Waals surface area (Å²) in [4.78, 5) is 11.5. The van der Waals surface area contributed by atoms with E-state index in [2.05, 4.69) is 31.6 Å². The number of nitrogens with zero attached hydrogens (tertiary/aromatic N) is 6. The van der Waals surface area contributed by atoms with Gasteiger partial charge in [0.15, 0.2) is 0 Å². The molecule has 194 valence electrons. The number of nitrogens with one attached hydrogen (secondary N) is 1. The molecule has 0 aromatic carbocycles. The molecule has 4 fully saturated rings. The number of pyridine rings is 2. The Morgan fingerprint density at radius 2 is 1.89 bits per heavy atom. The van der Waals surface area contributed by atoms with Crippen molar-refractivity contribution in [1.82, 2.24) is 30.3 Å². The zero-order valence-corrected chi connectivity index (χ0v) is 21.0. The third-order valence-electron chi connectivity index (χ3n) is 8.54. The monoisotopic (exact) mass is 505 g/mol. The zero-order valence-electron chi connectivity index (χ0n) is 21.0. The lowest BCUT2D eigenvalue weighted by molar-refractivity contribution is -0.141. The average molecular weight is 506 g/mol. The van der Waals surface area contributed by atoms with E-state index in [9.17, 15) is 8.78 Å². The first-order valence-corrected chi connectivity index (χ1v) is 13.7. The van der Waals surface area contributed by atoms with Crippen LogP contribution in [0, 0.1) is 5.92 Å². The molecular formula is C28H33F2N7. The Bertz CT molecular complexity index is 1260. The molecule has 3 aromatic rings. The van der Waals surface area contributed by atoms with E-state index in [1.807, 2.05) is 24.5 Å². The highest BCUT2D eigenvalue weighted by molar-refractivity contribution is 5.58. The third-order valence-corrected chi connectivity index (χ3v) is 8.54. The van der Waals surface area contributed by atoms with E-state index in [-0.39, 0.29) is 12.8 Å². The summed E-state index contributed by atoms with van der Waals surface area (Å²) in [6.45, 7) is 3.07. The molecule has 1 unspecified atom stereocenters. The van der Waals surface area contributed by atoms with Gasteiger partial charge in [-0.25, -0.2) is 13.5 Å². The van der Waals surface area contributed by atoms with Gasteiger partial charge in [-0.15, -0.1) is 5.10 Å². The molecule has 1 N–H and O–H groups in total. The Balaban J connectivity index is 1.11. The number of halogens is 2. The Labute approximate surface area is 215 Å². The fourth-order valence-corrected chi connectivity index (χ4v) is 5.99. The number of alkyl halides is 2. The highest BCUT2D eigenvalue weighted by atomic mass is 19.3. The van der Waals surface area contributed by atoms with Gasteiger partial charge in [0.05, 0.1) is 23.8 Å². The summed E-state index contributed by atoms with van der Waals surface area (Å²) in [5.41, 5.74) is 3.39. The van der Waals surface area contributed by atoms with Crippen LogP contribution in [0.25, 0.3) is 11.3 Å². The van der Waals surface area contributed by atoms with Crippen LogP contribution >= 0.6 is 0 Å². The van der Waals surface area contributed by atoms with Crippen LogP contribution in [0.2, 0.25) is 0 Å². The van der Waals surface area contributed by atoms with Crippen LogP contribution in [-0.2, 0) is 5.54 Å². The largest absolute Gasteiger partial charge is 0.369 e. The molecular weight excluding hydrogens is 472 g/mol. The number of piperidine rings is 1. The second-order valence-corrected chi connectivity index (χ2v) is 11.6. The van der Waals surface area contributed by atoms with Gasteiger partial charge in [-0.2, -0.15) is 0 Å². The molecule has 1 atom stereocenters. The van der Waals surface area contributed by atoms with Gasteiger partial charge in [-0.05, 0) is 80.7 Å². The van der Waals surface area contributed by atoms with Gasteiger partial charge in [0.1, 0.15) is 11.2 Å². The Morgan fingerprint density at radius 1 is 1.03 bits per heavy atom. The lowest BCUT2D eigenvalue weighted by atomic mass is 9.71. The molecule has 3 saturated carbocycles. The fourth-order valence-electron chi connectivity index (χ4n) is 5.99. The first kappa shape index (κ1) is 23.2. The number of aromatic nitrogens is 5. The minimum atomic E-state index is -2.74. The van der Waals surface area contributed by atoms with Crippen LogP contribution in [0.4, 0.5) is 14.5 Å². The normalized spacial score (nSPS) is 24.6. The van der Waals surface area contributed by atoms with E-state index in [0.717, 1.165) is 43.2 Å². The number of hydrogen-bond donors (Lipinski definition) is 1. The highest BCUT2D eigenvalue weighted by Crippen LogP contribution is 2.53. The predicted octanol–water partition coefficient (Wildman–Crippen LogP) is 4.75. The van der Waals surface area contributed by atoms with Crippen LogP contribution in [0.3, 0.4) is 0 Å². The number of rotatable bonds is 8. The Kier molecular flexibility index (Phi) is 5.53. The van der Waals surface area contributed by atoms with Crippen molar-refractivity contribution in [3.63, 3.8) is 0 Å². The van der Waals surface area contributed by atoms with E-state index in [1.165, 1.54) is 37.7 Å². The van der Waals surface area contributed by atoms with Gasteiger partial charge in [0.25, 0.3) is 5.92 Å². The summed E-state index contributed by atoms with van der Waals surface area (Å²) in [6.07, 6.45) is 14.0. The van der Waals surface area contributed by atoms with Crippen molar-refractivity contribution >= 4 is 5.69 Å². The van der Waals surface area contributed by atoms with E-state index in [1.54, 1.807) is 17.1 Å². The second kappa shape index (κ2) is 8.82. The first-order chi connectivity index (χ1) is 18.0. The molecule has 4 aliphatic rings. The first-order valence-electron chi connectivity index (χ1n) is 13.7. The topological polar surface area (TPSA) is 71.8 Å². The highest BCUT2D eigenvalue weighted by Gasteiger charge is 2.60. The van der Waals surface area contributed by atoms with Crippen molar-refractivity contribution in [3.05, 3.63) is 54.2 Å². The SMILES string of the molecule is FC1(F)CC(c2ccc(N3CCCC(NCC4CC4)C3)cn2)(n2cc(-c3cncc(C4CC4)c3)nn2)C1. The quantitative estimate of drug-likeness (QED) is 0.476. The van der Waals surface area contributed by atoms with Crippen LogP contribution in [0.5, 0.6) is 0 Å². The number of anilines is 1. The fraction of sp³-hybridized carbons (Fsp3) is 0.571. The van der Waals surface area contributed by atoms with Crippen LogP contribution < -0.4 is 10.2 Å². The molecule has 0 spiro atoms. The summed E-state index contributed by atoms with van der Waals surface area (Å²) in [7, 11) is 0. The smallest absolute Gasteiger partial charge is 0.253 e. The van der Waals surface area contributed by atoms with Crippen LogP contribution in [0.15, 0.2) is 43.0 Å². The molecule has 0 radical (unpaired) electrons. The molecule has 1 saturated heterocycles. The summed E-state index contributed by atoms with van der Waals surface area (Å²) in [5.74, 6) is -1.30. The summed E-state index contributed by atoms with van der Waals surface area (Å²) in [6, 6.07) is 6.53. The summed E-state index contributed by atoms with van der Waals surface area (Å²) >= 11 is 0. The Morgan fingerprint density at radius 3 is 2.62 bits per heavy atom. The zero-order chi connectivity index (χ0) is 25.0. The van der Waals surface area contributed by atoms with Crippen LogP contribution in [-0.4, -0.2) is 56.6 Å². The maximum Gasteiger partial charge on any atom is 0.253 e. The molecule has 4 heterocycles. The van der Waals surface area contributed by atoms with Crippen molar-refractivity contribution in [2.45, 2.75) is 74.8 Å². The second-order valence-electron chi connectivity index (χ2n) is 11.6. The minimum absolute atomic E-state index is 0.327.